The maximum atomic E-state index is 8.76. The van der Waals surface area contributed by atoms with Crippen molar-refractivity contribution in [3.8, 4) is 6.07 Å². The van der Waals surface area contributed by atoms with Crippen molar-refractivity contribution in [2.45, 2.75) is 50.6 Å². The van der Waals surface area contributed by atoms with Gasteiger partial charge in [-0.15, -0.1) is 0 Å². The molecule has 1 saturated carbocycles. The van der Waals surface area contributed by atoms with Gasteiger partial charge in [-0.2, -0.15) is 15.0 Å². The first-order valence-corrected chi connectivity index (χ1v) is 4.66. The van der Waals surface area contributed by atoms with E-state index in [2.05, 4.69) is 0 Å². The molecule has 0 aromatic carbocycles. The molecule has 1 aliphatic carbocycles. The number of nitriles is 1. The van der Waals surface area contributed by atoms with Crippen LogP contribution < -0.4 is 0 Å². The molecule has 0 aromatic rings. The summed E-state index contributed by atoms with van der Waals surface area (Å²) in [7, 11) is 0. The Balaban J connectivity index is 2.07. The molecule has 2 fully saturated rings. The topological polar surface area (TPSA) is 51.5 Å². The maximum Gasteiger partial charge on any atom is 0.289 e. The summed E-state index contributed by atoms with van der Waals surface area (Å²) in [6.07, 6.45) is 5.00. The highest BCUT2D eigenvalue weighted by molar-refractivity contribution is 4.94. The summed E-state index contributed by atoms with van der Waals surface area (Å²) >= 11 is 0. The van der Waals surface area contributed by atoms with E-state index in [-0.39, 0.29) is 0 Å². The Bertz CT molecular complexity index is 242. The standard InChI is InChI=1S/C9H13NO3/c1-8(7-10)11-9(13-12-8)5-3-2-4-6-9/h2-6H2,1H3. The van der Waals surface area contributed by atoms with Crippen molar-refractivity contribution in [3.63, 3.8) is 0 Å². The van der Waals surface area contributed by atoms with Gasteiger partial charge in [0.15, 0.2) is 0 Å². The van der Waals surface area contributed by atoms with Crippen LogP contribution in [0.15, 0.2) is 0 Å². The lowest BCUT2D eigenvalue weighted by Crippen LogP contribution is -2.35. The number of rotatable bonds is 0. The van der Waals surface area contributed by atoms with Gasteiger partial charge in [-0.1, -0.05) is 6.42 Å². The average Bonchev–Trinajstić information content (AvgIpc) is 2.47. The molecule has 0 amide bonds. The zero-order valence-electron chi connectivity index (χ0n) is 7.71. The van der Waals surface area contributed by atoms with Gasteiger partial charge < -0.3 is 4.74 Å². The molecule has 72 valence electrons. The van der Waals surface area contributed by atoms with E-state index in [1.54, 1.807) is 6.92 Å². The minimum absolute atomic E-state index is 0.636. The Kier molecular flexibility index (Phi) is 2.03. The minimum atomic E-state index is -1.21. The van der Waals surface area contributed by atoms with Crippen LogP contribution in [0.4, 0.5) is 0 Å². The molecule has 1 aliphatic heterocycles. The van der Waals surface area contributed by atoms with Crippen LogP contribution in [0.25, 0.3) is 0 Å². The van der Waals surface area contributed by atoms with Crippen LogP contribution in [0, 0.1) is 11.3 Å². The summed E-state index contributed by atoms with van der Waals surface area (Å²) < 4.78 is 5.52. The molecule has 0 aromatic heterocycles. The molecule has 1 spiro atoms. The molecule has 1 heterocycles. The van der Waals surface area contributed by atoms with E-state index in [9.17, 15) is 0 Å². The smallest absolute Gasteiger partial charge is 0.289 e. The number of nitrogens with zero attached hydrogens (tertiary/aromatic N) is 1. The highest BCUT2D eigenvalue weighted by atomic mass is 17.3. The Morgan fingerprint density at radius 1 is 1.15 bits per heavy atom. The van der Waals surface area contributed by atoms with E-state index in [1.807, 2.05) is 6.07 Å². The highest BCUT2D eigenvalue weighted by Crippen LogP contribution is 2.41. The molecule has 1 saturated heterocycles. The third kappa shape index (κ3) is 1.55. The van der Waals surface area contributed by atoms with Gasteiger partial charge in [0, 0.05) is 19.8 Å². The first-order chi connectivity index (χ1) is 6.18. The van der Waals surface area contributed by atoms with Gasteiger partial charge in [-0.25, -0.2) is 0 Å². The van der Waals surface area contributed by atoms with Gasteiger partial charge in [-0.3, -0.25) is 0 Å². The third-order valence-corrected chi connectivity index (χ3v) is 2.55. The lowest BCUT2D eigenvalue weighted by Gasteiger charge is -2.29. The Morgan fingerprint density at radius 3 is 2.38 bits per heavy atom. The molecule has 4 heteroatoms. The summed E-state index contributed by atoms with van der Waals surface area (Å²) in [5, 5.41) is 8.76. The van der Waals surface area contributed by atoms with E-state index in [1.165, 1.54) is 6.42 Å². The first-order valence-electron chi connectivity index (χ1n) is 4.66. The fraction of sp³-hybridized carbons (Fsp3) is 0.889. The fourth-order valence-electron chi connectivity index (χ4n) is 1.86. The Hall–Kier alpha value is -0.630. The maximum absolute atomic E-state index is 8.76. The largest absolute Gasteiger partial charge is 0.301 e. The van der Waals surface area contributed by atoms with Gasteiger partial charge >= 0.3 is 0 Å². The lowest BCUT2D eigenvalue weighted by atomic mass is 9.94. The van der Waals surface area contributed by atoms with Crippen molar-refractivity contribution >= 4 is 0 Å². The summed E-state index contributed by atoms with van der Waals surface area (Å²) in [6, 6.07) is 1.94. The number of ether oxygens (including phenoxy) is 1. The van der Waals surface area contributed by atoms with Crippen molar-refractivity contribution in [1.29, 1.82) is 5.26 Å². The quantitative estimate of drug-likeness (QED) is 0.538. The van der Waals surface area contributed by atoms with Gasteiger partial charge in [0.25, 0.3) is 5.79 Å². The average molecular weight is 183 g/mol. The van der Waals surface area contributed by atoms with Crippen molar-refractivity contribution in [1.82, 2.24) is 0 Å². The van der Waals surface area contributed by atoms with Crippen molar-refractivity contribution in [3.05, 3.63) is 0 Å². The van der Waals surface area contributed by atoms with Crippen LogP contribution in [0.5, 0.6) is 0 Å². The van der Waals surface area contributed by atoms with E-state index < -0.39 is 11.6 Å². The molecule has 2 aliphatic rings. The molecule has 13 heavy (non-hydrogen) atoms. The number of hydrogen-bond acceptors (Lipinski definition) is 4. The lowest BCUT2D eigenvalue weighted by molar-refractivity contribution is -0.343. The molecule has 1 atom stereocenters. The molecular weight excluding hydrogens is 170 g/mol. The molecular formula is C9H13NO3. The van der Waals surface area contributed by atoms with Crippen molar-refractivity contribution in [2.24, 2.45) is 0 Å². The zero-order chi connectivity index (χ0) is 9.36. The van der Waals surface area contributed by atoms with E-state index in [0.29, 0.717) is 0 Å². The van der Waals surface area contributed by atoms with Gasteiger partial charge in [0.05, 0.1) is 0 Å². The van der Waals surface area contributed by atoms with Gasteiger partial charge in [-0.05, 0) is 12.8 Å². The summed E-state index contributed by atoms with van der Waals surface area (Å²) in [5.41, 5.74) is 0. The summed E-state index contributed by atoms with van der Waals surface area (Å²) in [4.78, 5) is 10.0. The molecule has 2 rings (SSSR count). The predicted molar refractivity (Wildman–Crippen MR) is 43.1 cm³/mol. The Morgan fingerprint density at radius 2 is 1.85 bits per heavy atom. The van der Waals surface area contributed by atoms with E-state index in [4.69, 9.17) is 19.8 Å². The first kappa shape index (κ1) is 8.95. The van der Waals surface area contributed by atoms with Crippen LogP contribution in [0.1, 0.15) is 39.0 Å². The van der Waals surface area contributed by atoms with Gasteiger partial charge in [0.2, 0.25) is 5.79 Å². The highest BCUT2D eigenvalue weighted by Gasteiger charge is 2.51. The summed E-state index contributed by atoms with van der Waals surface area (Å²) in [5.74, 6) is -1.85. The molecule has 0 bridgehead atoms. The normalized spacial score (nSPS) is 37.5. The second-order valence-corrected chi connectivity index (χ2v) is 3.80. The monoisotopic (exact) mass is 183 g/mol. The van der Waals surface area contributed by atoms with Crippen LogP contribution >= 0.6 is 0 Å². The van der Waals surface area contributed by atoms with Crippen LogP contribution in [0.2, 0.25) is 0 Å². The van der Waals surface area contributed by atoms with Crippen LogP contribution in [0.3, 0.4) is 0 Å². The van der Waals surface area contributed by atoms with Crippen LogP contribution in [-0.2, 0) is 14.5 Å². The fourth-order valence-corrected chi connectivity index (χ4v) is 1.86. The Labute approximate surface area is 77.3 Å². The van der Waals surface area contributed by atoms with Crippen molar-refractivity contribution < 1.29 is 14.5 Å². The van der Waals surface area contributed by atoms with Crippen LogP contribution in [-0.4, -0.2) is 11.6 Å². The molecule has 1 unspecified atom stereocenters. The molecule has 4 nitrogen and oxygen atoms in total. The third-order valence-electron chi connectivity index (χ3n) is 2.55. The number of hydrogen-bond donors (Lipinski definition) is 0. The second-order valence-electron chi connectivity index (χ2n) is 3.80. The van der Waals surface area contributed by atoms with E-state index in [0.717, 1.165) is 25.7 Å². The minimum Gasteiger partial charge on any atom is -0.301 e. The predicted octanol–water partition coefficient (Wildman–Crippen LogP) is 1.86. The van der Waals surface area contributed by atoms with E-state index >= 15 is 0 Å². The van der Waals surface area contributed by atoms with Crippen molar-refractivity contribution in [2.75, 3.05) is 0 Å². The molecule has 0 radical (unpaired) electrons. The zero-order valence-corrected chi connectivity index (χ0v) is 7.71. The molecule has 0 N–H and O–H groups in total. The SMILES string of the molecule is CC1(C#N)OOC2(CCCCC2)O1. The second kappa shape index (κ2) is 2.95. The summed E-state index contributed by atoms with van der Waals surface area (Å²) in [6.45, 7) is 1.58. The van der Waals surface area contributed by atoms with Gasteiger partial charge in [0.1, 0.15) is 6.07 Å².